The highest BCUT2D eigenvalue weighted by molar-refractivity contribution is 6.29. The zero-order valence-electron chi connectivity index (χ0n) is 21.6. The van der Waals surface area contributed by atoms with Gasteiger partial charge in [0.2, 0.25) is 0 Å². The molecule has 7 rings (SSSR count). The molecule has 2 aromatic carbocycles. The van der Waals surface area contributed by atoms with E-state index in [0.717, 1.165) is 6.08 Å². The Kier molecular flexibility index (Phi) is 4.68. The second-order valence-electron chi connectivity index (χ2n) is 11.5. The maximum Gasteiger partial charge on any atom is 0.193 e. The number of phenols is 3. The molecule has 208 valence electrons. The van der Waals surface area contributed by atoms with E-state index in [-0.39, 0.29) is 16.7 Å². The number of aliphatic hydroxyl groups is 3. The number of ketones is 5. The smallest absolute Gasteiger partial charge is 0.193 e. The summed E-state index contributed by atoms with van der Waals surface area (Å²) in [5.74, 6) is -12.4. The van der Waals surface area contributed by atoms with E-state index < -0.39 is 122 Å². The molecule has 5 aliphatic rings. The van der Waals surface area contributed by atoms with Crippen LogP contribution in [0.15, 0.2) is 29.4 Å². The maximum absolute atomic E-state index is 14.5. The Balaban J connectivity index is 1.61. The van der Waals surface area contributed by atoms with Gasteiger partial charge in [0.25, 0.3) is 0 Å². The van der Waals surface area contributed by atoms with Gasteiger partial charge in [-0.3, -0.25) is 24.0 Å². The molecule has 11 heteroatoms. The number of aromatic hydroxyl groups is 3. The van der Waals surface area contributed by atoms with Crippen LogP contribution in [-0.2, 0) is 4.79 Å². The second-order valence-corrected chi connectivity index (χ2v) is 11.5. The zero-order chi connectivity index (χ0) is 29.6. The van der Waals surface area contributed by atoms with Crippen LogP contribution in [0, 0.1) is 24.2 Å². The summed E-state index contributed by atoms with van der Waals surface area (Å²) >= 11 is 0. The molecule has 1 spiro atoms. The van der Waals surface area contributed by atoms with Crippen LogP contribution in [0.5, 0.6) is 17.2 Å². The summed E-state index contributed by atoms with van der Waals surface area (Å²) in [5.41, 5.74) is -5.36. The highest BCUT2D eigenvalue weighted by Crippen LogP contribution is 2.70. The molecule has 2 aromatic rings. The number of Topliss-reactive ketones (excluding diaryl/α,β-unsaturated/α-hetero) is 4. The van der Waals surface area contributed by atoms with E-state index >= 15 is 0 Å². The van der Waals surface area contributed by atoms with E-state index in [2.05, 4.69) is 0 Å². The minimum Gasteiger partial charge on any atom is -0.507 e. The van der Waals surface area contributed by atoms with Crippen LogP contribution in [0.2, 0.25) is 0 Å². The Labute approximate surface area is 230 Å². The van der Waals surface area contributed by atoms with Gasteiger partial charge in [-0.1, -0.05) is 0 Å². The SMILES string of the molecule is CC1=CC(=O)c2c(O)c3c(c(O)c2C1=O)[C@@H]1C2[C@@H](O)CC(=O)C4=C(O)c5c(O)cc(C)cc5C(=O)C42[C@H](C3=O)[C@H]1O. The molecule has 5 aliphatic carbocycles. The molecule has 0 heterocycles. The van der Waals surface area contributed by atoms with Crippen LogP contribution >= 0.6 is 0 Å². The lowest BCUT2D eigenvalue weighted by Gasteiger charge is -2.47. The van der Waals surface area contributed by atoms with E-state index in [0.29, 0.717) is 5.56 Å². The van der Waals surface area contributed by atoms with Gasteiger partial charge >= 0.3 is 0 Å². The van der Waals surface area contributed by atoms with Crippen molar-refractivity contribution in [3.05, 3.63) is 68.3 Å². The number of aliphatic hydroxyl groups excluding tert-OH is 3. The van der Waals surface area contributed by atoms with Crippen molar-refractivity contribution in [1.82, 2.24) is 0 Å². The summed E-state index contributed by atoms with van der Waals surface area (Å²) in [6.45, 7) is 2.89. The standard InChI is InChI=1S/C30H22O11/c1-7-3-9-14(10(31)4-7)26(38)21-13(34)6-12(33)20-17-16-19(28(40)22(27(17)39)30(20,21)29(9)41)24(36)15-11(32)5-8(2)23(35)18(15)25(16)37/h3-5,12,17,20,22,27,31,33,36-39H,6H2,1-2H3/t12-,17+,20?,22-,27-,30?/m0/s1. The second kappa shape index (κ2) is 7.56. The first-order valence-corrected chi connectivity index (χ1v) is 12.9. The predicted octanol–water partition coefficient (Wildman–Crippen LogP) is 1.81. The minimum atomic E-state index is -2.35. The van der Waals surface area contributed by atoms with E-state index in [1.54, 1.807) is 6.92 Å². The summed E-state index contributed by atoms with van der Waals surface area (Å²) in [6.07, 6.45) is -3.16. The van der Waals surface area contributed by atoms with Gasteiger partial charge in [-0.2, -0.15) is 0 Å². The largest absolute Gasteiger partial charge is 0.507 e. The van der Waals surface area contributed by atoms with Gasteiger partial charge in [-0.25, -0.2) is 0 Å². The number of hydrogen-bond acceptors (Lipinski definition) is 11. The van der Waals surface area contributed by atoms with Gasteiger partial charge in [0.05, 0.1) is 51.4 Å². The van der Waals surface area contributed by atoms with Crippen molar-refractivity contribution in [3.8, 4) is 17.2 Å². The Morgan fingerprint density at radius 2 is 1.54 bits per heavy atom. The maximum atomic E-state index is 14.5. The monoisotopic (exact) mass is 558 g/mol. The first kappa shape index (κ1) is 25.4. The van der Waals surface area contributed by atoms with Crippen molar-refractivity contribution >= 4 is 34.7 Å². The van der Waals surface area contributed by atoms with E-state index in [1.807, 2.05) is 0 Å². The highest BCUT2D eigenvalue weighted by atomic mass is 16.3. The lowest BCUT2D eigenvalue weighted by molar-refractivity contribution is -0.123. The zero-order valence-corrected chi connectivity index (χ0v) is 21.6. The average Bonchev–Trinajstić information content (AvgIpc) is 3.08. The normalized spacial score (nSPS) is 31.4. The summed E-state index contributed by atoms with van der Waals surface area (Å²) < 4.78 is 0. The predicted molar refractivity (Wildman–Crippen MR) is 137 cm³/mol. The fourth-order valence-electron chi connectivity index (χ4n) is 8.15. The Hall–Kier alpha value is -4.61. The number of fused-ring (bicyclic) bond motifs is 7. The fourth-order valence-corrected chi connectivity index (χ4v) is 8.15. The molecule has 11 nitrogen and oxygen atoms in total. The first-order valence-electron chi connectivity index (χ1n) is 12.9. The summed E-state index contributed by atoms with van der Waals surface area (Å²) in [6, 6.07) is 2.61. The lowest BCUT2D eigenvalue weighted by atomic mass is 9.53. The molecule has 6 atom stereocenters. The average molecular weight is 558 g/mol. The molecule has 0 saturated heterocycles. The van der Waals surface area contributed by atoms with Gasteiger partial charge < -0.3 is 30.6 Å². The molecule has 2 bridgehead atoms. The Morgan fingerprint density at radius 3 is 2.22 bits per heavy atom. The molecule has 0 aromatic heterocycles. The molecule has 0 amide bonds. The van der Waals surface area contributed by atoms with Crippen LogP contribution in [0.1, 0.15) is 77.4 Å². The van der Waals surface area contributed by atoms with Crippen molar-refractivity contribution in [1.29, 1.82) is 0 Å². The molecule has 41 heavy (non-hydrogen) atoms. The quantitative estimate of drug-likeness (QED) is 0.257. The number of benzene rings is 2. The Morgan fingerprint density at radius 1 is 0.854 bits per heavy atom. The van der Waals surface area contributed by atoms with E-state index in [9.17, 15) is 54.6 Å². The first-order chi connectivity index (χ1) is 19.3. The van der Waals surface area contributed by atoms with Crippen LogP contribution in [0.4, 0.5) is 0 Å². The van der Waals surface area contributed by atoms with Crippen molar-refractivity contribution in [2.24, 2.45) is 17.3 Å². The molecule has 6 N–H and O–H groups in total. The summed E-state index contributed by atoms with van der Waals surface area (Å²) in [5, 5.41) is 67.7. The van der Waals surface area contributed by atoms with Crippen LogP contribution < -0.4 is 0 Å². The van der Waals surface area contributed by atoms with Crippen LogP contribution in [-0.4, -0.2) is 71.8 Å². The van der Waals surface area contributed by atoms with Crippen molar-refractivity contribution in [2.75, 3.05) is 0 Å². The highest BCUT2D eigenvalue weighted by Gasteiger charge is 2.76. The molecule has 0 aliphatic heterocycles. The fraction of sp³-hybridized carbons (Fsp3) is 0.300. The number of phenolic OH excluding ortho intramolecular Hbond substituents is 3. The van der Waals surface area contributed by atoms with Crippen LogP contribution in [0.3, 0.4) is 0 Å². The molecule has 2 unspecified atom stereocenters. The third kappa shape index (κ3) is 2.59. The molecular formula is C30H22O11. The van der Waals surface area contributed by atoms with E-state index in [4.69, 9.17) is 0 Å². The third-order valence-electron chi connectivity index (χ3n) is 9.50. The van der Waals surface area contributed by atoms with Crippen molar-refractivity contribution in [3.63, 3.8) is 0 Å². The molecule has 2 saturated carbocycles. The number of allylic oxidation sites excluding steroid dienone is 3. The van der Waals surface area contributed by atoms with Gasteiger partial charge in [0, 0.05) is 35.0 Å². The number of carbonyl (C=O) groups excluding carboxylic acids is 5. The Bertz CT molecular complexity index is 1830. The summed E-state index contributed by atoms with van der Waals surface area (Å²) in [4.78, 5) is 68.2. The number of carbonyl (C=O) groups is 5. The lowest BCUT2D eigenvalue weighted by Crippen LogP contribution is -2.56. The van der Waals surface area contributed by atoms with Crippen molar-refractivity contribution in [2.45, 2.75) is 38.4 Å². The molecule has 2 fully saturated rings. The van der Waals surface area contributed by atoms with Gasteiger partial charge in [0.15, 0.2) is 28.9 Å². The van der Waals surface area contributed by atoms with Crippen LogP contribution in [0.25, 0.3) is 5.76 Å². The molecular weight excluding hydrogens is 536 g/mol. The van der Waals surface area contributed by atoms with Crippen molar-refractivity contribution < 1.29 is 54.6 Å². The van der Waals surface area contributed by atoms with Gasteiger partial charge in [0.1, 0.15) is 23.0 Å². The van der Waals surface area contributed by atoms with E-state index in [1.165, 1.54) is 19.1 Å². The number of rotatable bonds is 0. The molecule has 0 radical (unpaired) electrons. The number of hydrogen-bond donors (Lipinski definition) is 6. The topological polar surface area (TPSA) is 207 Å². The number of aryl methyl sites for hydroxylation is 1. The summed E-state index contributed by atoms with van der Waals surface area (Å²) in [7, 11) is 0. The van der Waals surface area contributed by atoms with Gasteiger partial charge in [-0.05, 0) is 37.6 Å². The minimum absolute atomic E-state index is 0.0479. The van der Waals surface area contributed by atoms with Gasteiger partial charge in [-0.15, -0.1) is 0 Å². The third-order valence-corrected chi connectivity index (χ3v) is 9.50.